The molecule has 32 heavy (non-hydrogen) atoms. The molecule has 0 heterocycles. The summed E-state index contributed by atoms with van der Waals surface area (Å²) in [5.74, 6) is -0.396. The number of hydrogen-bond acceptors (Lipinski definition) is 7. The van der Waals surface area contributed by atoms with Crippen LogP contribution in [-0.2, 0) is 32.1 Å². The number of carbonyl (C=O) groups excluding carboxylic acids is 3. The number of phenolic OH excluding ortho intramolecular Hbond substituents is 1. The maximum atomic E-state index is 12.9. The lowest BCUT2D eigenvalue weighted by Crippen LogP contribution is -2.52. The number of phenols is 1. The van der Waals surface area contributed by atoms with E-state index in [4.69, 9.17) is 9.47 Å². The molecule has 2 aromatic rings. The fourth-order valence-corrected chi connectivity index (χ4v) is 3.36. The first-order valence-corrected chi connectivity index (χ1v) is 11.4. The zero-order valence-electron chi connectivity index (χ0n) is 18.1. The third kappa shape index (κ3) is 8.50. The fourth-order valence-electron chi connectivity index (χ4n) is 2.89. The summed E-state index contributed by atoms with van der Waals surface area (Å²) in [6.07, 6.45) is 1.71. The predicted molar refractivity (Wildman–Crippen MR) is 122 cm³/mol. The Labute approximate surface area is 191 Å². The van der Waals surface area contributed by atoms with Crippen LogP contribution in [0.4, 0.5) is 4.79 Å². The van der Waals surface area contributed by atoms with Crippen LogP contribution >= 0.6 is 11.8 Å². The number of hydrogen-bond donors (Lipinski definition) is 3. The van der Waals surface area contributed by atoms with Gasteiger partial charge >= 0.3 is 12.1 Å². The van der Waals surface area contributed by atoms with Gasteiger partial charge in [0.1, 0.15) is 24.4 Å². The Morgan fingerprint density at radius 1 is 0.969 bits per heavy atom. The van der Waals surface area contributed by atoms with Crippen LogP contribution in [0.5, 0.6) is 5.75 Å². The van der Waals surface area contributed by atoms with Crippen LogP contribution in [0.3, 0.4) is 0 Å². The molecule has 2 amide bonds. The van der Waals surface area contributed by atoms with Crippen molar-refractivity contribution < 1.29 is 29.0 Å². The van der Waals surface area contributed by atoms with E-state index in [9.17, 15) is 19.5 Å². The minimum Gasteiger partial charge on any atom is -0.508 e. The summed E-state index contributed by atoms with van der Waals surface area (Å²) in [6.45, 7) is 0.0785. The molecule has 0 saturated heterocycles. The molecule has 3 N–H and O–H groups in total. The number of aromatic hydroxyl groups is 1. The Bertz CT molecular complexity index is 876. The Morgan fingerprint density at radius 3 is 2.28 bits per heavy atom. The summed E-state index contributed by atoms with van der Waals surface area (Å²) in [6, 6.07) is 13.7. The normalized spacial score (nSPS) is 12.3. The van der Waals surface area contributed by atoms with Crippen molar-refractivity contribution in [1.29, 1.82) is 0 Å². The van der Waals surface area contributed by atoms with Crippen molar-refractivity contribution in [2.24, 2.45) is 0 Å². The van der Waals surface area contributed by atoms with Gasteiger partial charge in [0.05, 0.1) is 7.11 Å². The molecule has 0 aliphatic carbocycles. The maximum absolute atomic E-state index is 12.9. The van der Waals surface area contributed by atoms with Crippen molar-refractivity contribution in [1.82, 2.24) is 10.6 Å². The number of benzene rings is 2. The summed E-state index contributed by atoms with van der Waals surface area (Å²) < 4.78 is 10.0. The molecule has 0 aliphatic rings. The molecular weight excluding hydrogens is 432 g/mol. The van der Waals surface area contributed by atoms with Crippen molar-refractivity contribution >= 4 is 29.7 Å². The molecule has 172 valence electrons. The Hall–Kier alpha value is -3.20. The number of amides is 2. The summed E-state index contributed by atoms with van der Waals surface area (Å²) in [5, 5.41) is 14.7. The van der Waals surface area contributed by atoms with Gasteiger partial charge in [-0.2, -0.15) is 11.8 Å². The lowest BCUT2D eigenvalue weighted by atomic mass is 10.0. The van der Waals surface area contributed by atoms with E-state index in [0.717, 1.165) is 11.1 Å². The first-order chi connectivity index (χ1) is 15.4. The first-order valence-electron chi connectivity index (χ1n) is 10.0. The average molecular weight is 461 g/mol. The number of ether oxygens (including phenoxy) is 2. The number of alkyl carbamates (subject to hydrolysis) is 1. The van der Waals surface area contributed by atoms with Gasteiger partial charge in [-0.15, -0.1) is 0 Å². The molecule has 9 heteroatoms. The highest BCUT2D eigenvalue weighted by atomic mass is 32.2. The van der Waals surface area contributed by atoms with Gasteiger partial charge < -0.3 is 25.2 Å². The molecule has 0 saturated carbocycles. The van der Waals surface area contributed by atoms with E-state index in [1.165, 1.54) is 31.0 Å². The van der Waals surface area contributed by atoms with Gasteiger partial charge in [-0.3, -0.25) is 4.79 Å². The molecule has 0 radical (unpaired) electrons. The minimum absolute atomic E-state index is 0.0785. The van der Waals surface area contributed by atoms with Crippen LogP contribution in [0.15, 0.2) is 54.6 Å². The van der Waals surface area contributed by atoms with Crippen molar-refractivity contribution in [2.75, 3.05) is 19.1 Å². The van der Waals surface area contributed by atoms with Gasteiger partial charge in [-0.25, -0.2) is 9.59 Å². The number of nitrogens with one attached hydrogen (secondary N) is 2. The Balaban J connectivity index is 2.01. The van der Waals surface area contributed by atoms with E-state index in [-0.39, 0.29) is 18.8 Å². The molecule has 2 unspecified atom stereocenters. The van der Waals surface area contributed by atoms with E-state index < -0.39 is 30.1 Å². The van der Waals surface area contributed by atoms with Gasteiger partial charge in [0.2, 0.25) is 5.91 Å². The second kappa shape index (κ2) is 13.3. The third-order valence-electron chi connectivity index (χ3n) is 4.61. The second-order valence-electron chi connectivity index (χ2n) is 7.00. The quantitative estimate of drug-likeness (QED) is 0.442. The maximum Gasteiger partial charge on any atom is 0.408 e. The topological polar surface area (TPSA) is 114 Å². The van der Waals surface area contributed by atoms with Crippen LogP contribution in [0.25, 0.3) is 0 Å². The molecule has 2 atom stereocenters. The summed E-state index contributed by atoms with van der Waals surface area (Å²) in [4.78, 5) is 37.4. The minimum atomic E-state index is -0.948. The van der Waals surface area contributed by atoms with Crippen LogP contribution in [0, 0.1) is 0 Å². The van der Waals surface area contributed by atoms with E-state index in [0.29, 0.717) is 12.2 Å². The van der Waals surface area contributed by atoms with Gasteiger partial charge in [0.25, 0.3) is 0 Å². The second-order valence-corrected chi connectivity index (χ2v) is 7.98. The standard InChI is InChI=1S/C23H28N2O6S/c1-30-22(28)20(14-16-8-10-18(26)11-9-16)24-21(27)19(12-13-32-2)25-23(29)31-15-17-6-4-3-5-7-17/h3-11,19-20,26H,12-15H2,1-2H3,(H,24,27)(H,25,29). The lowest BCUT2D eigenvalue weighted by molar-refractivity contribution is -0.145. The smallest absolute Gasteiger partial charge is 0.408 e. The van der Waals surface area contributed by atoms with Crippen LogP contribution in [0.2, 0.25) is 0 Å². The highest BCUT2D eigenvalue weighted by Gasteiger charge is 2.27. The molecule has 0 bridgehead atoms. The van der Waals surface area contributed by atoms with Crippen molar-refractivity contribution in [3.05, 3.63) is 65.7 Å². The molecule has 8 nitrogen and oxygen atoms in total. The lowest BCUT2D eigenvalue weighted by Gasteiger charge is -2.22. The van der Waals surface area contributed by atoms with E-state index >= 15 is 0 Å². The summed E-state index contributed by atoms with van der Waals surface area (Å²) >= 11 is 1.53. The zero-order chi connectivity index (χ0) is 23.3. The first kappa shape index (κ1) is 25.1. The van der Waals surface area contributed by atoms with Crippen LogP contribution in [0.1, 0.15) is 17.5 Å². The molecule has 2 rings (SSSR count). The molecule has 0 aromatic heterocycles. The molecule has 0 fully saturated rings. The van der Waals surface area contributed by atoms with Crippen molar-refractivity contribution in [3.63, 3.8) is 0 Å². The van der Waals surface area contributed by atoms with Crippen molar-refractivity contribution in [2.45, 2.75) is 31.5 Å². The number of thioether (sulfide) groups is 1. The predicted octanol–water partition coefficient (Wildman–Crippen LogP) is 2.64. The largest absolute Gasteiger partial charge is 0.508 e. The molecule has 0 spiro atoms. The van der Waals surface area contributed by atoms with Gasteiger partial charge in [-0.1, -0.05) is 42.5 Å². The van der Waals surface area contributed by atoms with Gasteiger partial charge in [-0.05, 0) is 41.7 Å². The average Bonchev–Trinajstić information content (AvgIpc) is 2.81. The fraction of sp³-hybridized carbons (Fsp3) is 0.348. The van der Waals surface area contributed by atoms with Gasteiger partial charge in [0, 0.05) is 6.42 Å². The molecule has 2 aromatic carbocycles. The van der Waals surface area contributed by atoms with E-state index in [1.807, 2.05) is 36.6 Å². The monoisotopic (exact) mass is 460 g/mol. The van der Waals surface area contributed by atoms with E-state index in [1.54, 1.807) is 12.1 Å². The highest BCUT2D eigenvalue weighted by Crippen LogP contribution is 2.12. The van der Waals surface area contributed by atoms with E-state index in [2.05, 4.69) is 10.6 Å². The Morgan fingerprint density at radius 2 is 1.66 bits per heavy atom. The number of methoxy groups -OCH3 is 1. The number of esters is 1. The Kier molecular flexibility index (Phi) is 10.4. The van der Waals surface area contributed by atoms with Gasteiger partial charge in [0.15, 0.2) is 0 Å². The van der Waals surface area contributed by atoms with Crippen LogP contribution in [-0.4, -0.2) is 54.3 Å². The number of carbonyl (C=O) groups is 3. The summed E-state index contributed by atoms with van der Waals surface area (Å²) in [5.41, 5.74) is 1.56. The van der Waals surface area contributed by atoms with Crippen molar-refractivity contribution in [3.8, 4) is 5.75 Å². The SMILES string of the molecule is COC(=O)C(Cc1ccc(O)cc1)NC(=O)C(CCSC)NC(=O)OCc1ccccc1. The number of rotatable bonds is 11. The third-order valence-corrected chi connectivity index (χ3v) is 5.25. The summed E-state index contributed by atoms with van der Waals surface area (Å²) in [7, 11) is 1.24. The highest BCUT2D eigenvalue weighted by molar-refractivity contribution is 7.98. The molecule has 0 aliphatic heterocycles. The van der Waals surface area contributed by atoms with Crippen LogP contribution < -0.4 is 10.6 Å². The molecular formula is C23H28N2O6S. The zero-order valence-corrected chi connectivity index (χ0v) is 18.9.